The molecule has 6 nitrogen and oxygen atoms in total. The van der Waals surface area contributed by atoms with Gasteiger partial charge in [-0.05, 0) is 69.4 Å². The summed E-state index contributed by atoms with van der Waals surface area (Å²) in [5, 5.41) is 6.11. The molecule has 0 aromatic heterocycles. The molecule has 1 heterocycles. The molecule has 2 aromatic rings. The summed E-state index contributed by atoms with van der Waals surface area (Å²) in [6, 6.07) is 10.3. The number of hydrogen-bond acceptors (Lipinski definition) is 3. The van der Waals surface area contributed by atoms with Gasteiger partial charge in [-0.3, -0.25) is 0 Å². The fourth-order valence-corrected chi connectivity index (χ4v) is 6.69. The van der Waals surface area contributed by atoms with Gasteiger partial charge < -0.3 is 10.6 Å². The topological polar surface area (TPSA) is 78.5 Å². The minimum atomic E-state index is -3.60. The van der Waals surface area contributed by atoms with Crippen LogP contribution < -0.4 is 10.6 Å². The van der Waals surface area contributed by atoms with Crippen LogP contribution in [0.3, 0.4) is 0 Å². The van der Waals surface area contributed by atoms with Crippen LogP contribution in [0.25, 0.3) is 0 Å². The van der Waals surface area contributed by atoms with Crippen LogP contribution in [0.5, 0.6) is 0 Å². The number of urea groups is 1. The second-order valence-electron chi connectivity index (χ2n) is 8.17. The van der Waals surface area contributed by atoms with Crippen molar-refractivity contribution in [1.29, 1.82) is 0 Å². The SMILES string of the molecule is Cc1cc(C)c(S(=O)(=O)N2CCCC[C@@H]2CCNC(=O)Nc2cccc(Cl)c2)c(C)c1. The number of anilines is 1. The van der Waals surface area contributed by atoms with Gasteiger partial charge in [0.05, 0.1) is 4.90 Å². The molecule has 31 heavy (non-hydrogen) atoms. The van der Waals surface area contributed by atoms with Crippen LogP contribution >= 0.6 is 11.6 Å². The van der Waals surface area contributed by atoms with Gasteiger partial charge in [0.2, 0.25) is 10.0 Å². The Morgan fingerprint density at radius 3 is 2.52 bits per heavy atom. The maximum absolute atomic E-state index is 13.5. The van der Waals surface area contributed by atoms with Gasteiger partial charge in [-0.15, -0.1) is 0 Å². The molecular weight excluding hydrogens is 434 g/mol. The highest BCUT2D eigenvalue weighted by molar-refractivity contribution is 7.89. The molecule has 2 N–H and O–H groups in total. The predicted octanol–water partition coefficient (Wildman–Crippen LogP) is 5.02. The molecule has 1 aliphatic heterocycles. The predicted molar refractivity (Wildman–Crippen MR) is 125 cm³/mol. The van der Waals surface area contributed by atoms with E-state index in [0.717, 1.165) is 36.0 Å². The summed E-state index contributed by atoms with van der Waals surface area (Å²) in [7, 11) is -3.60. The van der Waals surface area contributed by atoms with Gasteiger partial charge in [0.25, 0.3) is 0 Å². The van der Waals surface area contributed by atoms with Crippen molar-refractivity contribution in [3.05, 3.63) is 58.1 Å². The minimum absolute atomic E-state index is 0.134. The van der Waals surface area contributed by atoms with Crippen LogP contribution in [-0.4, -0.2) is 37.9 Å². The first-order valence-corrected chi connectivity index (χ1v) is 12.4. The highest BCUT2D eigenvalue weighted by atomic mass is 35.5. The molecule has 1 saturated heterocycles. The summed E-state index contributed by atoms with van der Waals surface area (Å²) >= 11 is 5.94. The molecule has 8 heteroatoms. The number of nitrogens with zero attached hydrogens (tertiary/aromatic N) is 1. The number of hydrogen-bond donors (Lipinski definition) is 2. The van der Waals surface area contributed by atoms with Gasteiger partial charge in [-0.1, -0.05) is 41.8 Å². The molecular formula is C23H30ClN3O3S. The van der Waals surface area contributed by atoms with Crippen molar-refractivity contribution in [2.45, 2.75) is 57.4 Å². The summed E-state index contributed by atoms with van der Waals surface area (Å²) in [4.78, 5) is 12.6. The molecule has 0 saturated carbocycles. The Balaban J connectivity index is 1.66. The smallest absolute Gasteiger partial charge is 0.319 e. The first kappa shape index (κ1) is 23.6. The van der Waals surface area contributed by atoms with E-state index in [-0.39, 0.29) is 12.1 Å². The number of benzene rings is 2. The van der Waals surface area contributed by atoms with E-state index in [0.29, 0.717) is 35.1 Å². The minimum Gasteiger partial charge on any atom is -0.338 e. The number of nitrogens with one attached hydrogen (secondary N) is 2. The zero-order valence-corrected chi connectivity index (χ0v) is 19.8. The van der Waals surface area contributed by atoms with E-state index in [2.05, 4.69) is 10.6 Å². The van der Waals surface area contributed by atoms with E-state index in [4.69, 9.17) is 11.6 Å². The summed E-state index contributed by atoms with van der Waals surface area (Å²) in [5.74, 6) is 0. The zero-order chi connectivity index (χ0) is 22.6. The molecule has 2 aromatic carbocycles. The average Bonchev–Trinajstić information content (AvgIpc) is 2.67. The number of carbonyl (C=O) groups is 1. The maximum Gasteiger partial charge on any atom is 0.319 e. The molecule has 1 aliphatic rings. The highest BCUT2D eigenvalue weighted by Crippen LogP contribution is 2.31. The van der Waals surface area contributed by atoms with Crippen molar-refractivity contribution in [3.8, 4) is 0 Å². The van der Waals surface area contributed by atoms with E-state index in [9.17, 15) is 13.2 Å². The number of sulfonamides is 1. The first-order chi connectivity index (χ1) is 14.7. The van der Waals surface area contributed by atoms with Crippen molar-refractivity contribution >= 4 is 33.3 Å². The Bertz CT molecular complexity index is 1030. The van der Waals surface area contributed by atoms with Crippen LogP contribution in [0, 0.1) is 20.8 Å². The van der Waals surface area contributed by atoms with E-state index < -0.39 is 10.0 Å². The van der Waals surface area contributed by atoms with Crippen LogP contribution in [0.2, 0.25) is 5.02 Å². The molecule has 0 spiro atoms. The number of piperidine rings is 1. The first-order valence-electron chi connectivity index (χ1n) is 10.6. The second-order valence-corrected chi connectivity index (χ2v) is 10.4. The van der Waals surface area contributed by atoms with Gasteiger partial charge in [0, 0.05) is 29.8 Å². The van der Waals surface area contributed by atoms with E-state index >= 15 is 0 Å². The van der Waals surface area contributed by atoms with Crippen LogP contribution in [-0.2, 0) is 10.0 Å². The van der Waals surface area contributed by atoms with Crippen LogP contribution in [0.1, 0.15) is 42.4 Å². The average molecular weight is 464 g/mol. The molecule has 3 rings (SSSR count). The third-order valence-corrected chi connectivity index (χ3v) is 8.08. The molecule has 2 amide bonds. The highest BCUT2D eigenvalue weighted by Gasteiger charge is 2.35. The molecule has 0 unspecified atom stereocenters. The number of rotatable bonds is 6. The van der Waals surface area contributed by atoms with Crippen molar-refractivity contribution in [1.82, 2.24) is 9.62 Å². The number of aryl methyl sites for hydroxylation is 3. The lowest BCUT2D eigenvalue weighted by Gasteiger charge is -2.35. The van der Waals surface area contributed by atoms with Crippen LogP contribution in [0.15, 0.2) is 41.3 Å². The summed E-state index contributed by atoms with van der Waals surface area (Å²) in [5.41, 5.74) is 3.22. The second kappa shape index (κ2) is 10.0. The van der Waals surface area contributed by atoms with Crippen molar-refractivity contribution in [3.63, 3.8) is 0 Å². The number of carbonyl (C=O) groups excluding carboxylic acids is 1. The standard InChI is InChI=1S/C23H30ClN3O3S/c1-16-13-17(2)22(18(3)14-16)31(29,30)27-12-5-4-9-21(27)10-11-25-23(28)26-20-8-6-7-19(24)15-20/h6-8,13-15,21H,4-5,9-12H2,1-3H3,(H2,25,26,28)/t21-/m1/s1. The summed E-state index contributed by atoms with van der Waals surface area (Å²) in [6.07, 6.45) is 3.19. The Kier molecular flexibility index (Phi) is 7.62. The van der Waals surface area contributed by atoms with Crippen LogP contribution in [0.4, 0.5) is 10.5 Å². The lowest BCUT2D eigenvalue weighted by Crippen LogP contribution is -2.45. The van der Waals surface area contributed by atoms with Gasteiger partial charge >= 0.3 is 6.03 Å². The molecule has 0 radical (unpaired) electrons. The fourth-order valence-electron chi connectivity index (χ4n) is 4.36. The largest absolute Gasteiger partial charge is 0.338 e. The number of halogens is 1. The molecule has 1 fully saturated rings. The van der Waals surface area contributed by atoms with Crippen molar-refractivity contribution in [2.75, 3.05) is 18.4 Å². The Morgan fingerprint density at radius 1 is 1.13 bits per heavy atom. The van der Waals surface area contributed by atoms with E-state index in [1.165, 1.54) is 0 Å². The van der Waals surface area contributed by atoms with Gasteiger partial charge in [0.1, 0.15) is 0 Å². The van der Waals surface area contributed by atoms with E-state index in [1.807, 2.05) is 32.9 Å². The monoisotopic (exact) mass is 463 g/mol. The molecule has 0 aliphatic carbocycles. The lowest BCUT2D eigenvalue weighted by atomic mass is 10.0. The third kappa shape index (κ3) is 5.79. The Morgan fingerprint density at radius 2 is 1.84 bits per heavy atom. The summed E-state index contributed by atoms with van der Waals surface area (Å²) < 4.78 is 28.7. The maximum atomic E-state index is 13.5. The third-order valence-electron chi connectivity index (χ3n) is 5.59. The molecule has 1 atom stereocenters. The van der Waals surface area contributed by atoms with E-state index in [1.54, 1.807) is 28.6 Å². The quantitative estimate of drug-likeness (QED) is 0.631. The summed E-state index contributed by atoms with van der Waals surface area (Å²) in [6.45, 7) is 6.57. The van der Waals surface area contributed by atoms with Crippen molar-refractivity contribution in [2.24, 2.45) is 0 Å². The fraction of sp³-hybridized carbons (Fsp3) is 0.435. The van der Waals surface area contributed by atoms with Gasteiger partial charge in [-0.2, -0.15) is 4.31 Å². The Labute approximate surface area is 190 Å². The number of amides is 2. The molecule has 168 valence electrons. The normalized spacial score (nSPS) is 17.4. The Hall–Kier alpha value is -2.09. The molecule has 0 bridgehead atoms. The van der Waals surface area contributed by atoms with Crippen molar-refractivity contribution < 1.29 is 13.2 Å². The van der Waals surface area contributed by atoms with Gasteiger partial charge in [0.15, 0.2) is 0 Å². The van der Waals surface area contributed by atoms with Gasteiger partial charge in [-0.25, -0.2) is 13.2 Å². The zero-order valence-electron chi connectivity index (χ0n) is 18.2. The lowest BCUT2D eigenvalue weighted by molar-refractivity contribution is 0.234.